The first-order valence-electron chi connectivity index (χ1n) is 6.90. The van der Waals surface area contributed by atoms with Gasteiger partial charge in [0.05, 0.1) is 11.9 Å². The van der Waals surface area contributed by atoms with Crippen molar-refractivity contribution in [1.82, 2.24) is 15.1 Å². The van der Waals surface area contributed by atoms with Gasteiger partial charge < -0.3 is 10.6 Å². The molecule has 0 aliphatic carbocycles. The molecule has 1 aromatic rings. The predicted molar refractivity (Wildman–Crippen MR) is 80.8 cm³/mol. The molecule has 2 rings (SSSR count). The van der Waals surface area contributed by atoms with E-state index in [0.717, 1.165) is 19.3 Å². The molecule has 1 aliphatic heterocycles. The Labute approximate surface area is 126 Å². The van der Waals surface area contributed by atoms with Gasteiger partial charge in [-0.3, -0.25) is 9.59 Å². The van der Waals surface area contributed by atoms with Crippen LogP contribution in [0.5, 0.6) is 0 Å². The largest absolute Gasteiger partial charge is 0.378 e. The zero-order valence-corrected chi connectivity index (χ0v) is 13.1. The van der Waals surface area contributed by atoms with Gasteiger partial charge in [0.25, 0.3) is 5.56 Å². The molecule has 1 amide bonds. The number of hydrogen-bond acceptors (Lipinski definition) is 4. The minimum Gasteiger partial charge on any atom is -0.378 e. The molecule has 110 valence electrons. The van der Waals surface area contributed by atoms with Crippen molar-refractivity contribution in [3.63, 3.8) is 0 Å². The van der Waals surface area contributed by atoms with Gasteiger partial charge in [0.1, 0.15) is 4.47 Å². The van der Waals surface area contributed by atoms with Crippen LogP contribution >= 0.6 is 15.9 Å². The number of amides is 1. The number of aromatic nitrogens is 2. The molecule has 2 heterocycles. The topological polar surface area (TPSA) is 76.0 Å². The Morgan fingerprint density at radius 1 is 1.55 bits per heavy atom. The highest BCUT2D eigenvalue weighted by molar-refractivity contribution is 9.10. The monoisotopic (exact) mass is 342 g/mol. The molecule has 1 saturated heterocycles. The first-order valence-corrected chi connectivity index (χ1v) is 7.70. The van der Waals surface area contributed by atoms with E-state index < -0.39 is 0 Å². The van der Waals surface area contributed by atoms with E-state index in [1.54, 1.807) is 6.20 Å². The van der Waals surface area contributed by atoms with Crippen LogP contribution in [0.1, 0.15) is 32.6 Å². The Bertz CT molecular complexity index is 534. The summed E-state index contributed by atoms with van der Waals surface area (Å²) in [6.45, 7) is 3.28. The molecule has 7 heteroatoms. The molecule has 6 nitrogen and oxygen atoms in total. The quantitative estimate of drug-likeness (QED) is 0.850. The number of unbranched alkanes of at least 4 members (excludes halogenated alkanes) is 1. The van der Waals surface area contributed by atoms with E-state index in [9.17, 15) is 9.59 Å². The second kappa shape index (κ2) is 6.88. The van der Waals surface area contributed by atoms with Crippen molar-refractivity contribution in [2.75, 3.05) is 11.9 Å². The van der Waals surface area contributed by atoms with Crippen molar-refractivity contribution in [1.29, 1.82) is 0 Å². The molecular weight excluding hydrogens is 324 g/mol. The highest BCUT2D eigenvalue weighted by atomic mass is 79.9. The maximum absolute atomic E-state index is 12.1. The second-order valence-corrected chi connectivity index (χ2v) is 5.73. The molecule has 1 atom stereocenters. The van der Waals surface area contributed by atoms with Gasteiger partial charge >= 0.3 is 0 Å². The van der Waals surface area contributed by atoms with E-state index in [4.69, 9.17) is 0 Å². The van der Waals surface area contributed by atoms with Gasteiger partial charge in [0.2, 0.25) is 5.91 Å². The van der Waals surface area contributed by atoms with Gasteiger partial charge in [0.15, 0.2) is 0 Å². The Hall–Kier alpha value is -1.37. The number of anilines is 1. The van der Waals surface area contributed by atoms with Gasteiger partial charge in [0, 0.05) is 25.6 Å². The summed E-state index contributed by atoms with van der Waals surface area (Å²) in [4.78, 5) is 23.2. The van der Waals surface area contributed by atoms with Crippen LogP contribution in [0, 0.1) is 0 Å². The molecule has 1 fully saturated rings. The summed E-state index contributed by atoms with van der Waals surface area (Å²) in [6.07, 6.45) is 4.89. The second-order valence-electron chi connectivity index (χ2n) is 4.94. The number of hydrogen-bond donors (Lipinski definition) is 2. The van der Waals surface area contributed by atoms with Crippen molar-refractivity contribution in [2.45, 2.75) is 45.2 Å². The number of piperidine rings is 1. The molecule has 1 aromatic heterocycles. The van der Waals surface area contributed by atoms with Crippen LogP contribution in [0.4, 0.5) is 5.69 Å². The summed E-state index contributed by atoms with van der Waals surface area (Å²) in [6, 6.07) is 0.136. The van der Waals surface area contributed by atoms with Crippen molar-refractivity contribution in [2.24, 2.45) is 0 Å². The Kier molecular flexibility index (Phi) is 5.17. The smallest absolute Gasteiger partial charge is 0.283 e. The zero-order valence-electron chi connectivity index (χ0n) is 11.5. The molecule has 0 aromatic carbocycles. The van der Waals surface area contributed by atoms with E-state index >= 15 is 0 Å². The van der Waals surface area contributed by atoms with Crippen molar-refractivity contribution < 1.29 is 4.79 Å². The van der Waals surface area contributed by atoms with Crippen LogP contribution in [0.15, 0.2) is 15.5 Å². The van der Waals surface area contributed by atoms with Crippen LogP contribution in [0.2, 0.25) is 0 Å². The predicted octanol–water partition coefficient (Wildman–Crippen LogP) is 1.50. The van der Waals surface area contributed by atoms with E-state index in [0.29, 0.717) is 29.7 Å². The summed E-state index contributed by atoms with van der Waals surface area (Å²) in [7, 11) is 0. The Balaban J connectivity index is 2.07. The van der Waals surface area contributed by atoms with Crippen LogP contribution in [0.3, 0.4) is 0 Å². The molecule has 20 heavy (non-hydrogen) atoms. The number of nitrogens with zero attached hydrogens (tertiary/aromatic N) is 2. The first-order chi connectivity index (χ1) is 9.61. The average molecular weight is 343 g/mol. The number of carbonyl (C=O) groups excluding carboxylic acids is 1. The van der Waals surface area contributed by atoms with E-state index in [1.807, 2.05) is 0 Å². The van der Waals surface area contributed by atoms with Crippen molar-refractivity contribution in [3.05, 3.63) is 21.0 Å². The Morgan fingerprint density at radius 3 is 3.00 bits per heavy atom. The average Bonchev–Trinajstić information content (AvgIpc) is 2.45. The third kappa shape index (κ3) is 3.59. The summed E-state index contributed by atoms with van der Waals surface area (Å²) in [5, 5.41) is 10.2. The first kappa shape index (κ1) is 15.0. The lowest BCUT2D eigenvalue weighted by atomic mass is 10.1. The molecule has 2 N–H and O–H groups in total. The molecule has 1 aliphatic rings. The fourth-order valence-corrected chi connectivity index (χ4v) is 2.53. The van der Waals surface area contributed by atoms with Gasteiger partial charge in [-0.05, 0) is 28.8 Å². The van der Waals surface area contributed by atoms with Crippen LogP contribution in [-0.2, 0) is 11.3 Å². The third-order valence-electron chi connectivity index (χ3n) is 3.33. The van der Waals surface area contributed by atoms with Crippen LogP contribution < -0.4 is 16.2 Å². The van der Waals surface area contributed by atoms with Crippen molar-refractivity contribution >= 4 is 27.5 Å². The summed E-state index contributed by atoms with van der Waals surface area (Å²) in [5.41, 5.74) is 0.562. The van der Waals surface area contributed by atoms with Crippen molar-refractivity contribution in [3.8, 4) is 0 Å². The minimum atomic E-state index is -0.122. The minimum absolute atomic E-state index is 0.0789. The summed E-state index contributed by atoms with van der Waals surface area (Å²) < 4.78 is 1.97. The summed E-state index contributed by atoms with van der Waals surface area (Å²) >= 11 is 3.34. The highest BCUT2D eigenvalue weighted by Crippen LogP contribution is 2.19. The molecule has 0 spiro atoms. The van der Waals surface area contributed by atoms with Crippen LogP contribution in [-0.4, -0.2) is 28.3 Å². The lowest BCUT2D eigenvalue weighted by Gasteiger charge is -2.24. The highest BCUT2D eigenvalue weighted by Gasteiger charge is 2.19. The SMILES string of the molecule is CCCCn1ncc(NC2CCC(=O)NC2)c(Br)c1=O. The van der Waals surface area contributed by atoms with E-state index in [1.165, 1.54) is 4.68 Å². The molecular formula is C13H19BrN4O2. The Morgan fingerprint density at radius 2 is 2.35 bits per heavy atom. The maximum Gasteiger partial charge on any atom is 0.283 e. The lowest BCUT2D eigenvalue weighted by Crippen LogP contribution is -2.42. The maximum atomic E-state index is 12.1. The fourth-order valence-electron chi connectivity index (χ4n) is 2.11. The van der Waals surface area contributed by atoms with Gasteiger partial charge in [-0.25, -0.2) is 4.68 Å². The molecule has 0 bridgehead atoms. The van der Waals surface area contributed by atoms with Crippen LogP contribution in [0.25, 0.3) is 0 Å². The zero-order chi connectivity index (χ0) is 14.5. The number of carbonyl (C=O) groups is 1. The summed E-state index contributed by atoms with van der Waals surface area (Å²) in [5.74, 6) is 0.0789. The molecule has 1 unspecified atom stereocenters. The normalized spacial score (nSPS) is 18.7. The van der Waals surface area contributed by atoms with Gasteiger partial charge in [-0.1, -0.05) is 13.3 Å². The number of rotatable bonds is 5. The van der Waals surface area contributed by atoms with E-state index in [-0.39, 0.29) is 17.5 Å². The van der Waals surface area contributed by atoms with E-state index in [2.05, 4.69) is 38.6 Å². The number of aryl methyl sites for hydroxylation is 1. The van der Waals surface area contributed by atoms with Gasteiger partial charge in [-0.15, -0.1) is 0 Å². The molecule has 0 saturated carbocycles. The molecule has 0 radical (unpaired) electrons. The number of nitrogens with one attached hydrogen (secondary N) is 2. The van der Waals surface area contributed by atoms with Gasteiger partial charge in [-0.2, -0.15) is 5.10 Å². The lowest BCUT2D eigenvalue weighted by molar-refractivity contribution is -0.122. The fraction of sp³-hybridized carbons (Fsp3) is 0.615. The third-order valence-corrected chi connectivity index (χ3v) is 4.10. The standard InChI is InChI=1S/C13H19BrN4O2/c1-2-3-6-18-13(20)12(14)10(8-16-18)17-9-4-5-11(19)15-7-9/h8-9,17H,2-7H2,1H3,(H,15,19). The number of halogens is 1.